The molecule has 1 aromatic heterocycles. The number of piperazine rings is 1. The van der Waals surface area contributed by atoms with Crippen molar-refractivity contribution in [2.45, 2.75) is 39.2 Å². The average Bonchev–Trinajstić information content (AvgIpc) is 3.61. The Labute approximate surface area is 220 Å². The first kappa shape index (κ1) is 25.5. The standard InChI is InChI=1S/C28H34BrFN4O2/c1-19-13-22(29)6-5-21(19)14-24-23(26(35)17-36-16-20-3-4-20)15-25-28(27(24)30)32-18-34(25)10-2-9-33-11-7-31-8-12-33/h5-6,13,15,18,20,31H,2-4,7-12,14,16-17H2,1H3. The van der Waals surface area contributed by atoms with Gasteiger partial charge in [-0.25, -0.2) is 9.37 Å². The van der Waals surface area contributed by atoms with Crippen LogP contribution in [0.2, 0.25) is 0 Å². The molecule has 2 heterocycles. The van der Waals surface area contributed by atoms with Crippen molar-refractivity contribution in [1.29, 1.82) is 0 Å². The van der Waals surface area contributed by atoms with E-state index < -0.39 is 5.82 Å². The molecule has 2 aliphatic rings. The molecule has 6 nitrogen and oxygen atoms in total. The second-order valence-electron chi connectivity index (χ2n) is 10.1. The van der Waals surface area contributed by atoms with Gasteiger partial charge in [-0.05, 0) is 68.0 Å². The Balaban J connectivity index is 1.42. The largest absolute Gasteiger partial charge is 0.373 e. The van der Waals surface area contributed by atoms with Crippen LogP contribution in [-0.4, -0.2) is 66.2 Å². The molecule has 192 valence electrons. The van der Waals surface area contributed by atoms with Crippen molar-refractivity contribution in [3.05, 3.63) is 63.1 Å². The molecule has 0 unspecified atom stereocenters. The second-order valence-corrected chi connectivity index (χ2v) is 11.0. The zero-order valence-corrected chi connectivity index (χ0v) is 22.4. The summed E-state index contributed by atoms with van der Waals surface area (Å²) in [7, 11) is 0. The summed E-state index contributed by atoms with van der Waals surface area (Å²) in [5.41, 5.74) is 3.85. The van der Waals surface area contributed by atoms with E-state index in [1.807, 2.05) is 35.8 Å². The third-order valence-electron chi connectivity index (χ3n) is 7.30. The first-order chi connectivity index (χ1) is 17.5. The number of hydrogen-bond donors (Lipinski definition) is 1. The molecular formula is C28H34BrFN4O2. The molecule has 5 rings (SSSR count). The summed E-state index contributed by atoms with van der Waals surface area (Å²) in [6.45, 7) is 8.45. The van der Waals surface area contributed by atoms with Crippen molar-refractivity contribution in [2.75, 3.05) is 45.9 Å². The summed E-state index contributed by atoms with van der Waals surface area (Å²) in [5, 5.41) is 3.38. The van der Waals surface area contributed by atoms with Crippen LogP contribution in [0.15, 0.2) is 35.1 Å². The maximum atomic E-state index is 16.0. The SMILES string of the molecule is Cc1cc(Br)ccc1Cc1c(C(=O)COCC2CC2)cc2c(ncn2CCCN2CCNCC2)c1F. The smallest absolute Gasteiger partial charge is 0.188 e. The predicted octanol–water partition coefficient (Wildman–Crippen LogP) is 4.74. The Morgan fingerprint density at radius 2 is 2.03 bits per heavy atom. The van der Waals surface area contributed by atoms with Crippen LogP contribution in [0.1, 0.15) is 46.3 Å². The van der Waals surface area contributed by atoms with E-state index in [-0.39, 0.29) is 12.4 Å². The summed E-state index contributed by atoms with van der Waals surface area (Å²) >= 11 is 3.50. The Morgan fingerprint density at radius 1 is 1.22 bits per heavy atom. The summed E-state index contributed by atoms with van der Waals surface area (Å²) in [6, 6.07) is 7.78. The van der Waals surface area contributed by atoms with Gasteiger partial charge in [0.05, 0.1) is 18.5 Å². The van der Waals surface area contributed by atoms with Gasteiger partial charge in [0.2, 0.25) is 0 Å². The molecule has 1 saturated carbocycles. The highest BCUT2D eigenvalue weighted by molar-refractivity contribution is 9.10. The minimum absolute atomic E-state index is 0.0229. The number of Topliss-reactive ketones (excluding diaryl/α,β-unsaturated/α-hetero) is 1. The highest BCUT2D eigenvalue weighted by Crippen LogP contribution is 2.30. The lowest BCUT2D eigenvalue weighted by Crippen LogP contribution is -2.43. The van der Waals surface area contributed by atoms with Gasteiger partial charge in [-0.15, -0.1) is 0 Å². The minimum atomic E-state index is -0.402. The van der Waals surface area contributed by atoms with E-state index in [1.54, 1.807) is 6.33 Å². The molecule has 0 bridgehead atoms. The molecule has 0 spiro atoms. The fraction of sp³-hybridized carbons (Fsp3) is 0.500. The highest BCUT2D eigenvalue weighted by atomic mass is 79.9. The normalized spacial score (nSPS) is 16.6. The van der Waals surface area contributed by atoms with Crippen molar-refractivity contribution in [1.82, 2.24) is 19.8 Å². The van der Waals surface area contributed by atoms with Gasteiger partial charge in [0.25, 0.3) is 0 Å². The molecule has 0 radical (unpaired) electrons. The van der Waals surface area contributed by atoms with Crippen LogP contribution in [0.4, 0.5) is 4.39 Å². The van der Waals surface area contributed by atoms with Gasteiger partial charge in [0.15, 0.2) is 11.6 Å². The van der Waals surface area contributed by atoms with Crippen molar-refractivity contribution >= 4 is 32.7 Å². The number of carbonyl (C=O) groups excluding carboxylic acids is 1. The van der Waals surface area contributed by atoms with E-state index in [0.717, 1.165) is 74.1 Å². The molecule has 0 atom stereocenters. The second kappa shape index (κ2) is 11.5. The summed E-state index contributed by atoms with van der Waals surface area (Å²) in [4.78, 5) is 20.2. The lowest BCUT2D eigenvalue weighted by atomic mass is 9.94. The molecular weight excluding hydrogens is 523 g/mol. The van der Waals surface area contributed by atoms with Crippen molar-refractivity contribution in [2.24, 2.45) is 5.92 Å². The number of nitrogens with one attached hydrogen (secondary N) is 1. The Bertz CT molecular complexity index is 1230. The Hall–Kier alpha value is -2.13. The first-order valence-corrected chi connectivity index (χ1v) is 13.7. The number of ether oxygens (including phenoxy) is 1. The lowest BCUT2D eigenvalue weighted by Gasteiger charge is -2.27. The van der Waals surface area contributed by atoms with Gasteiger partial charge in [-0.3, -0.25) is 4.79 Å². The number of aromatic nitrogens is 2. The van der Waals surface area contributed by atoms with Crippen LogP contribution in [0.5, 0.6) is 0 Å². The fourth-order valence-electron chi connectivity index (χ4n) is 4.93. The fourth-order valence-corrected chi connectivity index (χ4v) is 5.40. The molecule has 1 saturated heterocycles. The number of ketones is 1. The molecule has 2 aromatic carbocycles. The van der Waals surface area contributed by atoms with Gasteiger partial charge >= 0.3 is 0 Å². The van der Waals surface area contributed by atoms with Gasteiger partial charge in [0.1, 0.15) is 12.1 Å². The van der Waals surface area contributed by atoms with Crippen LogP contribution in [0, 0.1) is 18.7 Å². The number of nitrogens with zero attached hydrogens (tertiary/aromatic N) is 3. The molecule has 2 fully saturated rings. The van der Waals surface area contributed by atoms with E-state index in [1.165, 1.54) is 0 Å². The predicted molar refractivity (Wildman–Crippen MR) is 143 cm³/mol. The van der Waals surface area contributed by atoms with E-state index in [4.69, 9.17) is 4.74 Å². The highest BCUT2D eigenvalue weighted by Gasteiger charge is 2.25. The van der Waals surface area contributed by atoms with E-state index in [9.17, 15) is 4.79 Å². The lowest BCUT2D eigenvalue weighted by molar-refractivity contribution is 0.0738. The molecule has 1 aliphatic heterocycles. The Kier molecular flexibility index (Phi) is 8.15. The molecule has 8 heteroatoms. The quantitative estimate of drug-likeness (QED) is 0.345. The average molecular weight is 558 g/mol. The topological polar surface area (TPSA) is 59.4 Å². The number of imidazole rings is 1. The minimum Gasteiger partial charge on any atom is -0.373 e. The third kappa shape index (κ3) is 6.05. The third-order valence-corrected chi connectivity index (χ3v) is 7.79. The number of fused-ring (bicyclic) bond motifs is 1. The van der Waals surface area contributed by atoms with Crippen LogP contribution >= 0.6 is 15.9 Å². The van der Waals surface area contributed by atoms with Crippen LogP contribution in [-0.2, 0) is 17.7 Å². The number of carbonyl (C=O) groups is 1. The van der Waals surface area contributed by atoms with Crippen molar-refractivity contribution in [3.8, 4) is 0 Å². The number of benzene rings is 2. The van der Waals surface area contributed by atoms with Gasteiger partial charge < -0.3 is 19.5 Å². The summed E-state index contributed by atoms with van der Waals surface area (Å²) in [5.74, 6) is -0.00461. The maximum Gasteiger partial charge on any atom is 0.188 e. The number of aryl methyl sites for hydroxylation is 2. The van der Waals surface area contributed by atoms with Crippen LogP contribution in [0.25, 0.3) is 11.0 Å². The molecule has 3 aromatic rings. The van der Waals surface area contributed by atoms with Gasteiger partial charge in [-0.2, -0.15) is 0 Å². The zero-order chi connectivity index (χ0) is 25.1. The number of hydrogen-bond acceptors (Lipinski definition) is 5. The van der Waals surface area contributed by atoms with E-state index in [2.05, 4.69) is 31.1 Å². The monoisotopic (exact) mass is 556 g/mol. The van der Waals surface area contributed by atoms with Gasteiger partial charge in [-0.1, -0.05) is 22.0 Å². The molecule has 1 aliphatic carbocycles. The first-order valence-electron chi connectivity index (χ1n) is 12.9. The maximum absolute atomic E-state index is 16.0. The molecule has 1 N–H and O–H groups in total. The number of halogens is 2. The molecule has 36 heavy (non-hydrogen) atoms. The van der Waals surface area contributed by atoms with Gasteiger partial charge in [0, 0.05) is 54.7 Å². The van der Waals surface area contributed by atoms with E-state index >= 15 is 4.39 Å². The Morgan fingerprint density at radius 3 is 2.78 bits per heavy atom. The van der Waals surface area contributed by atoms with Crippen LogP contribution in [0.3, 0.4) is 0 Å². The van der Waals surface area contributed by atoms with E-state index in [0.29, 0.717) is 41.1 Å². The zero-order valence-electron chi connectivity index (χ0n) is 20.9. The van der Waals surface area contributed by atoms with Crippen molar-refractivity contribution in [3.63, 3.8) is 0 Å². The molecule has 0 amide bonds. The van der Waals surface area contributed by atoms with Crippen LogP contribution < -0.4 is 5.32 Å². The van der Waals surface area contributed by atoms with Crippen molar-refractivity contribution < 1.29 is 13.9 Å². The summed E-state index contributed by atoms with van der Waals surface area (Å²) in [6.07, 6.45) is 5.31. The summed E-state index contributed by atoms with van der Waals surface area (Å²) < 4.78 is 24.6. The number of rotatable bonds is 11.